The molecule has 0 saturated carbocycles. The van der Waals surface area contributed by atoms with Gasteiger partial charge < -0.3 is 23.7 Å². The second kappa shape index (κ2) is 11.4. The molecule has 1 aliphatic rings. The summed E-state index contributed by atoms with van der Waals surface area (Å²) in [4.78, 5) is 38.5. The largest absolute Gasteiger partial charge is 0.452 e. The molecular formula is C27H24O8. The van der Waals surface area contributed by atoms with Gasteiger partial charge >= 0.3 is 17.9 Å². The lowest BCUT2D eigenvalue weighted by Crippen LogP contribution is -2.58. The summed E-state index contributed by atoms with van der Waals surface area (Å²) >= 11 is 0. The van der Waals surface area contributed by atoms with Gasteiger partial charge in [0, 0.05) is 7.11 Å². The van der Waals surface area contributed by atoms with Crippen LogP contribution in [-0.2, 0) is 23.7 Å². The minimum atomic E-state index is -1.21. The first-order chi connectivity index (χ1) is 17.1. The molecule has 4 atom stereocenters. The van der Waals surface area contributed by atoms with Crippen molar-refractivity contribution in [3.05, 3.63) is 108 Å². The van der Waals surface area contributed by atoms with Crippen molar-refractivity contribution >= 4 is 17.9 Å². The molecule has 3 aromatic rings. The summed E-state index contributed by atoms with van der Waals surface area (Å²) in [5.41, 5.74) is 0.889. The number of rotatable bonds is 7. The zero-order chi connectivity index (χ0) is 24.6. The molecule has 1 fully saturated rings. The normalized spacial score (nSPS) is 21.5. The molecule has 0 unspecified atom stereocenters. The van der Waals surface area contributed by atoms with E-state index in [-0.39, 0.29) is 12.2 Å². The van der Waals surface area contributed by atoms with Crippen molar-refractivity contribution in [2.24, 2.45) is 0 Å². The van der Waals surface area contributed by atoms with Gasteiger partial charge in [0.1, 0.15) is 0 Å². The van der Waals surface area contributed by atoms with Crippen molar-refractivity contribution in [1.82, 2.24) is 0 Å². The zero-order valence-electron chi connectivity index (χ0n) is 18.9. The number of hydrogen-bond donors (Lipinski definition) is 0. The second-order valence-corrected chi connectivity index (χ2v) is 7.72. The first kappa shape index (κ1) is 24.1. The van der Waals surface area contributed by atoms with Crippen molar-refractivity contribution in [1.29, 1.82) is 0 Å². The fourth-order valence-corrected chi connectivity index (χ4v) is 3.63. The van der Waals surface area contributed by atoms with Gasteiger partial charge in [-0.2, -0.15) is 0 Å². The molecule has 0 spiro atoms. The minimum Gasteiger partial charge on any atom is -0.452 e. The Morgan fingerprint density at radius 3 is 1.46 bits per heavy atom. The molecule has 8 nitrogen and oxygen atoms in total. The smallest absolute Gasteiger partial charge is 0.338 e. The molecule has 1 aliphatic heterocycles. The van der Waals surface area contributed by atoms with Crippen LogP contribution in [0.4, 0.5) is 0 Å². The maximum atomic E-state index is 12.9. The zero-order valence-corrected chi connectivity index (χ0v) is 18.9. The molecule has 1 heterocycles. The molecule has 0 aliphatic carbocycles. The molecule has 0 aromatic heterocycles. The Bertz CT molecular complexity index is 1130. The quantitative estimate of drug-likeness (QED) is 0.376. The molecule has 180 valence electrons. The fraction of sp³-hybridized carbons (Fsp3) is 0.222. The van der Waals surface area contributed by atoms with Crippen LogP contribution in [0, 0.1) is 0 Å². The Balaban J connectivity index is 1.62. The third-order valence-corrected chi connectivity index (χ3v) is 5.39. The lowest BCUT2D eigenvalue weighted by molar-refractivity contribution is -0.260. The fourth-order valence-electron chi connectivity index (χ4n) is 3.63. The number of carbonyl (C=O) groups is 3. The molecule has 35 heavy (non-hydrogen) atoms. The summed E-state index contributed by atoms with van der Waals surface area (Å²) in [5.74, 6) is -1.98. The average Bonchev–Trinajstić information content (AvgIpc) is 2.91. The number of benzene rings is 3. The highest BCUT2D eigenvalue weighted by Gasteiger charge is 2.48. The summed E-state index contributed by atoms with van der Waals surface area (Å²) < 4.78 is 28.1. The third-order valence-electron chi connectivity index (χ3n) is 5.39. The Hall–Kier alpha value is -4.01. The Labute approximate surface area is 202 Å². The molecule has 8 heteroatoms. The number of methoxy groups -OCH3 is 1. The SMILES string of the molecule is CO[C@H]1OC[C@@H](OC(=O)c2ccccc2)[C@@H](OC(=O)c2ccccc2)[C@@H]1OC(=O)c1ccccc1. The molecule has 1 saturated heterocycles. The minimum absolute atomic E-state index is 0.136. The van der Waals surface area contributed by atoms with Gasteiger partial charge in [0.2, 0.25) is 0 Å². The van der Waals surface area contributed by atoms with Crippen LogP contribution in [0.1, 0.15) is 31.1 Å². The summed E-state index contributed by atoms with van der Waals surface area (Å²) in [5, 5.41) is 0. The van der Waals surface area contributed by atoms with E-state index < -0.39 is 42.5 Å². The van der Waals surface area contributed by atoms with Crippen molar-refractivity contribution < 1.29 is 38.1 Å². The van der Waals surface area contributed by atoms with Crippen LogP contribution in [0.5, 0.6) is 0 Å². The highest BCUT2D eigenvalue weighted by molar-refractivity contribution is 5.91. The lowest BCUT2D eigenvalue weighted by Gasteiger charge is -2.40. The van der Waals surface area contributed by atoms with Crippen LogP contribution in [0.25, 0.3) is 0 Å². The van der Waals surface area contributed by atoms with Crippen LogP contribution in [-0.4, -0.2) is 56.2 Å². The molecule has 4 rings (SSSR count). The van der Waals surface area contributed by atoms with Gasteiger partial charge in [-0.15, -0.1) is 0 Å². The number of hydrogen-bond acceptors (Lipinski definition) is 8. The highest BCUT2D eigenvalue weighted by Crippen LogP contribution is 2.27. The lowest BCUT2D eigenvalue weighted by atomic mass is 10.0. The van der Waals surface area contributed by atoms with E-state index in [4.69, 9.17) is 23.7 Å². The van der Waals surface area contributed by atoms with Gasteiger partial charge in [0.25, 0.3) is 0 Å². The molecule has 0 bridgehead atoms. The van der Waals surface area contributed by atoms with E-state index in [2.05, 4.69) is 0 Å². The van der Waals surface area contributed by atoms with Crippen LogP contribution in [0.15, 0.2) is 91.0 Å². The molecule has 0 radical (unpaired) electrons. The second-order valence-electron chi connectivity index (χ2n) is 7.72. The van der Waals surface area contributed by atoms with E-state index in [1.165, 1.54) is 7.11 Å². The van der Waals surface area contributed by atoms with Crippen molar-refractivity contribution in [3.63, 3.8) is 0 Å². The van der Waals surface area contributed by atoms with Gasteiger partial charge in [-0.05, 0) is 36.4 Å². The average molecular weight is 476 g/mol. The van der Waals surface area contributed by atoms with Gasteiger partial charge in [-0.3, -0.25) is 0 Å². The van der Waals surface area contributed by atoms with E-state index >= 15 is 0 Å². The van der Waals surface area contributed by atoms with Gasteiger partial charge in [0.15, 0.2) is 24.6 Å². The molecule has 0 N–H and O–H groups in total. The van der Waals surface area contributed by atoms with Gasteiger partial charge in [-0.1, -0.05) is 54.6 Å². The van der Waals surface area contributed by atoms with Crippen LogP contribution in [0.3, 0.4) is 0 Å². The number of ether oxygens (including phenoxy) is 5. The number of carbonyl (C=O) groups excluding carboxylic acids is 3. The van der Waals surface area contributed by atoms with E-state index in [1.54, 1.807) is 91.0 Å². The summed E-state index contributed by atoms with van der Waals surface area (Å²) in [6.45, 7) is -0.136. The third kappa shape index (κ3) is 5.92. The predicted octanol–water partition coefficient (Wildman–Crippen LogP) is 3.67. The standard InChI is InChI=1S/C27H24O8/c1-31-27-23(35-26(30)20-15-9-4-10-16-20)22(34-25(29)19-13-7-3-8-14-19)21(17-32-27)33-24(28)18-11-5-2-6-12-18/h2-16,21-23,27H,17H2,1H3/t21-,22-,23+,27+/m1/s1. The molecular weight excluding hydrogens is 452 g/mol. The van der Waals surface area contributed by atoms with E-state index in [9.17, 15) is 14.4 Å². The van der Waals surface area contributed by atoms with Crippen molar-refractivity contribution in [3.8, 4) is 0 Å². The first-order valence-corrected chi connectivity index (χ1v) is 11.0. The van der Waals surface area contributed by atoms with Crippen LogP contribution >= 0.6 is 0 Å². The molecule has 0 amide bonds. The van der Waals surface area contributed by atoms with E-state index in [0.29, 0.717) is 11.1 Å². The van der Waals surface area contributed by atoms with Gasteiger partial charge in [-0.25, -0.2) is 14.4 Å². The van der Waals surface area contributed by atoms with Crippen molar-refractivity contribution in [2.75, 3.05) is 13.7 Å². The van der Waals surface area contributed by atoms with E-state index in [0.717, 1.165) is 0 Å². The molecule has 3 aromatic carbocycles. The number of esters is 3. The first-order valence-electron chi connectivity index (χ1n) is 11.0. The van der Waals surface area contributed by atoms with Crippen LogP contribution < -0.4 is 0 Å². The summed E-state index contributed by atoms with van der Waals surface area (Å²) in [7, 11) is 1.38. The summed E-state index contributed by atoms with van der Waals surface area (Å²) in [6, 6.07) is 25.0. The van der Waals surface area contributed by atoms with E-state index in [1.807, 2.05) is 0 Å². The Morgan fingerprint density at radius 1 is 0.629 bits per heavy atom. The maximum Gasteiger partial charge on any atom is 0.338 e. The monoisotopic (exact) mass is 476 g/mol. The predicted molar refractivity (Wildman–Crippen MR) is 124 cm³/mol. The highest BCUT2D eigenvalue weighted by atomic mass is 16.7. The Morgan fingerprint density at radius 2 is 1.03 bits per heavy atom. The van der Waals surface area contributed by atoms with Gasteiger partial charge in [0.05, 0.1) is 23.3 Å². The van der Waals surface area contributed by atoms with Crippen LogP contribution in [0.2, 0.25) is 0 Å². The topological polar surface area (TPSA) is 97.4 Å². The maximum absolute atomic E-state index is 12.9. The Kier molecular flexibility index (Phi) is 7.87. The van der Waals surface area contributed by atoms with Crippen molar-refractivity contribution in [2.45, 2.75) is 24.6 Å². The summed E-state index contributed by atoms with van der Waals surface area (Å²) in [6.07, 6.45) is -4.51.